The normalized spacial score (nSPS) is 9.50. The maximum atomic E-state index is 10.5. The summed E-state index contributed by atoms with van der Waals surface area (Å²) < 4.78 is 0. The molecule has 2 rings (SSSR count). The Morgan fingerprint density at radius 3 is 2.25 bits per heavy atom. The molecule has 16 heavy (non-hydrogen) atoms. The van der Waals surface area contributed by atoms with Crippen LogP contribution in [0.3, 0.4) is 0 Å². The lowest BCUT2D eigenvalue weighted by Crippen LogP contribution is -2.08. The van der Waals surface area contributed by atoms with Crippen molar-refractivity contribution in [3.8, 4) is 0 Å². The molecule has 0 aromatic heterocycles. The number of hydrazine groups is 1. The highest BCUT2D eigenvalue weighted by Gasteiger charge is 1.99. The summed E-state index contributed by atoms with van der Waals surface area (Å²) in [6.45, 7) is 0. The van der Waals surface area contributed by atoms with Crippen LogP contribution in [0.15, 0.2) is 59.8 Å². The highest BCUT2D eigenvalue weighted by atomic mass is 16.3. The Balaban J connectivity index is 2.08. The van der Waals surface area contributed by atoms with E-state index in [4.69, 9.17) is 0 Å². The quantitative estimate of drug-likeness (QED) is 0.603. The number of para-hydroxylation sites is 2. The van der Waals surface area contributed by atoms with Gasteiger partial charge >= 0.3 is 0 Å². The first kappa shape index (κ1) is 10.2. The number of benzene rings is 2. The van der Waals surface area contributed by atoms with Crippen molar-refractivity contribution in [1.29, 1.82) is 0 Å². The Bertz CT molecular complexity index is 471. The zero-order valence-corrected chi connectivity index (χ0v) is 8.55. The first-order valence-corrected chi connectivity index (χ1v) is 4.89. The second-order valence-electron chi connectivity index (χ2n) is 3.22. The fraction of sp³-hybridized carbons (Fsp3) is 0. The maximum absolute atomic E-state index is 10.5. The van der Waals surface area contributed by atoms with Crippen LogP contribution in [0.25, 0.3) is 0 Å². The SMILES string of the molecule is O=Nc1ccccc1NNc1ccccc1. The topological polar surface area (TPSA) is 53.5 Å². The molecule has 4 nitrogen and oxygen atoms in total. The lowest BCUT2D eigenvalue weighted by molar-refractivity contribution is 1.38. The first-order valence-electron chi connectivity index (χ1n) is 4.89. The summed E-state index contributed by atoms with van der Waals surface area (Å²) in [6.07, 6.45) is 0. The minimum atomic E-state index is 0.380. The highest BCUT2D eigenvalue weighted by molar-refractivity contribution is 5.67. The minimum absolute atomic E-state index is 0.380. The largest absolute Gasteiger partial charge is 0.301 e. The van der Waals surface area contributed by atoms with E-state index in [2.05, 4.69) is 16.0 Å². The Labute approximate surface area is 93.3 Å². The van der Waals surface area contributed by atoms with Gasteiger partial charge in [0, 0.05) is 0 Å². The molecule has 0 aliphatic heterocycles. The van der Waals surface area contributed by atoms with E-state index < -0.39 is 0 Å². The second kappa shape index (κ2) is 4.93. The van der Waals surface area contributed by atoms with E-state index in [1.165, 1.54) is 0 Å². The molecule has 0 bridgehead atoms. The van der Waals surface area contributed by atoms with Gasteiger partial charge in [0.05, 0.1) is 11.4 Å². The maximum Gasteiger partial charge on any atom is 0.132 e. The molecule has 4 heteroatoms. The molecule has 0 saturated carbocycles. The van der Waals surface area contributed by atoms with Gasteiger partial charge in [-0.3, -0.25) is 5.43 Å². The molecule has 0 saturated heterocycles. The van der Waals surface area contributed by atoms with Gasteiger partial charge in [0.1, 0.15) is 5.69 Å². The lowest BCUT2D eigenvalue weighted by atomic mass is 10.3. The van der Waals surface area contributed by atoms with Crippen LogP contribution >= 0.6 is 0 Å². The number of nitroso groups, excluding NO2 is 1. The van der Waals surface area contributed by atoms with Crippen molar-refractivity contribution in [1.82, 2.24) is 0 Å². The summed E-state index contributed by atoms with van der Waals surface area (Å²) in [7, 11) is 0. The number of rotatable bonds is 4. The van der Waals surface area contributed by atoms with Crippen LogP contribution in [0.4, 0.5) is 17.1 Å². The first-order chi connectivity index (χ1) is 7.90. The number of nitrogens with zero attached hydrogens (tertiary/aromatic N) is 1. The molecule has 0 unspecified atom stereocenters. The van der Waals surface area contributed by atoms with Gasteiger partial charge in [0.15, 0.2) is 0 Å². The predicted octanol–water partition coefficient (Wildman–Crippen LogP) is 3.52. The van der Waals surface area contributed by atoms with E-state index in [-0.39, 0.29) is 0 Å². The zero-order valence-electron chi connectivity index (χ0n) is 8.55. The van der Waals surface area contributed by atoms with Crippen molar-refractivity contribution >= 4 is 17.1 Å². The Hall–Kier alpha value is -2.36. The van der Waals surface area contributed by atoms with Gasteiger partial charge in [-0.25, -0.2) is 0 Å². The average molecular weight is 213 g/mol. The Morgan fingerprint density at radius 1 is 0.812 bits per heavy atom. The third kappa shape index (κ3) is 2.36. The molecule has 0 aliphatic rings. The van der Waals surface area contributed by atoms with Gasteiger partial charge in [-0.15, -0.1) is 4.91 Å². The lowest BCUT2D eigenvalue weighted by Gasteiger charge is -2.10. The molecule has 80 valence electrons. The number of anilines is 2. The average Bonchev–Trinajstić information content (AvgIpc) is 2.38. The molecule has 2 aromatic carbocycles. The van der Waals surface area contributed by atoms with Gasteiger partial charge < -0.3 is 5.43 Å². The molecule has 0 aliphatic carbocycles. The standard InChI is InChI=1S/C12H11N3O/c16-15-12-9-5-4-8-11(12)14-13-10-6-2-1-3-7-10/h1-9,13-14H. The van der Waals surface area contributed by atoms with Crippen molar-refractivity contribution in [2.45, 2.75) is 0 Å². The minimum Gasteiger partial charge on any atom is -0.301 e. The van der Waals surface area contributed by atoms with Gasteiger partial charge in [0.2, 0.25) is 0 Å². The summed E-state index contributed by atoms with van der Waals surface area (Å²) in [6, 6.07) is 16.7. The van der Waals surface area contributed by atoms with Crippen molar-refractivity contribution in [3.05, 3.63) is 59.5 Å². The molecule has 0 fully saturated rings. The van der Waals surface area contributed by atoms with Gasteiger partial charge in [0.25, 0.3) is 0 Å². The van der Waals surface area contributed by atoms with E-state index in [9.17, 15) is 4.91 Å². The third-order valence-electron chi connectivity index (χ3n) is 2.12. The van der Waals surface area contributed by atoms with Gasteiger partial charge in [-0.1, -0.05) is 30.3 Å². The van der Waals surface area contributed by atoms with E-state index in [0.29, 0.717) is 11.4 Å². The summed E-state index contributed by atoms with van der Waals surface area (Å²) >= 11 is 0. The van der Waals surface area contributed by atoms with E-state index in [1.807, 2.05) is 36.4 Å². The fourth-order valence-corrected chi connectivity index (χ4v) is 1.32. The fourth-order valence-electron chi connectivity index (χ4n) is 1.32. The summed E-state index contributed by atoms with van der Waals surface area (Å²) in [5, 5.41) is 2.93. The highest BCUT2D eigenvalue weighted by Crippen LogP contribution is 2.23. The zero-order chi connectivity index (χ0) is 11.2. The summed E-state index contributed by atoms with van der Waals surface area (Å²) in [4.78, 5) is 10.5. The van der Waals surface area contributed by atoms with Crippen LogP contribution in [0.2, 0.25) is 0 Å². The Kier molecular flexibility index (Phi) is 3.13. The van der Waals surface area contributed by atoms with Crippen LogP contribution < -0.4 is 10.9 Å². The molecule has 0 atom stereocenters. The number of hydrogen-bond acceptors (Lipinski definition) is 4. The second-order valence-corrected chi connectivity index (χ2v) is 3.22. The summed E-state index contributed by atoms with van der Waals surface area (Å²) in [5.74, 6) is 0. The molecule has 0 radical (unpaired) electrons. The molecule has 0 spiro atoms. The van der Waals surface area contributed by atoms with E-state index >= 15 is 0 Å². The molecule has 2 N–H and O–H groups in total. The van der Waals surface area contributed by atoms with Crippen molar-refractivity contribution in [3.63, 3.8) is 0 Å². The summed E-state index contributed by atoms with van der Waals surface area (Å²) in [5.41, 5.74) is 7.88. The van der Waals surface area contributed by atoms with Gasteiger partial charge in [-0.2, -0.15) is 0 Å². The van der Waals surface area contributed by atoms with Crippen molar-refractivity contribution in [2.24, 2.45) is 5.18 Å². The number of hydrogen-bond donors (Lipinski definition) is 2. The number of nitrogens with one attached hydrogen (secondary N) is 2. The molecule has 2 aromatic rings. The molecule has 0 heterocycles. The van der Waals surface area contributed by atoms with E-state index in [1.54, 1.807) is 18.2 Å². The molecular formula is C12H11N3O. The molecular weight excluding hydrogens is 202 g/mol. The van der Waals surface area contributed by atoms with Gasteiger partial charge in [-0.05, 0) is 29.4 Å². The van der Waals surface area contributed by atoms with Crippen LogP contribution in [0.5, 0.6) is 0 Å². The van der Waals surface area contributed by atoms with E-state index in [0.717, 1.165) is 5.69 Å². The van der Waals surface area contributed by atoms with Crippen molar-refractivity contribution in [2.75, 3.05) is 10.9 Å². The third-order valence-corrected chi connectivity index (χ3v) is 2.12. The van der Waals surface area contributed by atoms with Crippen LogP contribution in [0.1, 0.15) is 0 Å². The monoisotopic (exact) mass is 213 g/mol. The smallest absolute Gasteiger partial charge is 0.132 e. The van der Waals surface area contributed by atoms with Crippen LogP contribution in [-0.4, -0.2) is 0 Å². The van der Waals surface area contributed by atoms with Crippen LogP contribution in [0, 0.1) is 4.91 Å². The predicted molar refractivity (Wildman–Crippen MR) is 65.6 cm³/mol. The van der Waals surface area contributed by atoms with Crippen molar-refractivity contribution < 1.29 is 0 Å². The van der Waals surface area contributed by atoms with Crippen LogP contribution in [-0.2, 0) is 0 Å². The Morgan fingerprint density at radius 2 is 1.50 bits per heavy atom. The molecule has 0 amide bonds.